The second-order valence-corrected chi connectivity index (χ2v) is 6.31. The summed E-state index contributed by atoms with van der Waals surface area (Å²) in [5, 5.41) is 5.56. The van der Waals surface area contributed by atoms with Gasteiger partial charge in [0.2, 0.25) is 0 Å². The van der Waals surface area contributed by atoms with E-state index in [9.17, 15) is 4.79 Å². The Morgan fingerprint density at radius 1 is 0.958 bits per heavy atom. The minimum absolute atomic E-state index is 0.163. The quantitative estimate of drug-likeness (QED) is 0.619. The van der Waals surface area contributed by atoms with Crippen LogP contribution in [0.3, 0.4) is 0 Å². The summed E-state index contributed by atoms with van der Waals surface area (Å²) in [7, 11) is 0. The minimum atomic E-state index is -0.367. The van der Waals surface area contributed by atoms with E-state index in [0.29, 0.717) is 16.5 Å². The maximum atomic E-state index is 12.1. The largest absolute Gasteiger partial charge is 0.483 e. The highest BCUT2D eigenvalue weighted by Crippen LogP contribution is 2.33. The van der Waals surface area contributed by atoms with Gasteiger partial charge in [0, 0.05) is 10.4 Å². The van der Waals surface area contributed by atoms with Crippen LogP contribution in [0.15, 0.2) is 54.6 Å². The average molecular weight is 381 g/mol. The van der Waals surface area contributed by atoms with Crippen LogP contribution in [0.25, 0.3) is 10.8 Å². The number of carbonyl (C=O) groups excluding carboxylic acids is 1. The Hall–Kier alpha value is -1.94. The molecule has 1 N–H and O–H groups in total. The summed E-state index contributed by atoms with van der Waals surface area (Å²) in [4.78, 5) is 12.1. The van der Waals surface area contributed by atoms with Crippen LogP contribution < -0.4 is 10.1 Å². The van der Waals surface area contributed by atoms with Gasteiger partial charge >= 0.3 is 0 Å². The molecule has 0 spiro atoms. The number of carbonyl (C=O) groups is 1. The second kappa shape index (κ2) is 7.31. The van der Waals surface area contributed by atoms with Gasteiger partial charge < -0.3 is 10.1 Å². The van der Waals surface area contributed by atoms with Crippen LogP contribution >= 0.6 is 34.8 Å². The van der Waals surface area contributed by atoms with Gasteiger partial charge in [-0.1, -0.05) is 71.2 Å². The molecule has 3 aromatic rings. The summed E-state index contributed by atoms with van der Waals surface area (Å²) in [5.74, 6) is 0.269. The van der Waals surface area contributed by atoms with Crippen LogP contribution in [0.4, 0.5) is 5.69 Å². The molecule has 0 aliphatic rings. The van der Waals surface area contributed by atoms with Gasteiger partial charge in [0.15, 0.2) is 6.61 Å². The van der Waals surface area contributed by atoms with Gasteiger partial charge in [0.25, 0.3) is 5.91 Å². The van der Waals surface area contributed by atoms with Crippen molar-refractivity contribution >= 4 is 57.2 Å². The van der Waals surface area contributed by atoms with Crippen molar-refractivity contribution in [1.82, 2.24) is 0 Å². The van der Waals surface area contributed by atoms with Crippen LogP contribution in [-0.4, -0.2) is 12.5 Å². The van der Waals surface area contributed by atoms with Crippen molar-refractivity contribution in [2.45, 2.75) is 0 Å². The second-order valence-electron chi connectivity index (χ2n) is 5.06. The van der Waals surface area contributed by atoms with Crippen LogP contribution in [0.5, 0.6) is 5.75 Å². The summed E-state index contributed by atoms with van der Waals surface area (Å²) in [6, 6.07) is 16.5. The molecule has 0 aromatic heterocycles. The number of rotatable bonds is 4. The first-order valence-electron chi connectivity index (χ1n) is 7.09. The molecule has 0 fully saturated rings. The smallest absolute Gasteiger partial charge is 0.262 e. The predicted molar refractivity (Wildman–Crippen MR) is 99.5 cm³/mol. The first-order valence-corrected chi connectivity index (χ1v) is 8.23. The molecule has 0 radical (unpaired) electrons. The summed E-state index contributed by atoms with van der Waals surface area (Å²) in [5.41, 5.74) is 0.314. The van der Waals surface area contributed by atoms with E-state index in [0.717, 1.165) is 10.8 Å². The zero-order valence-electron chi connectivity index (χ0n) is 12.4. The fraction of sp³-hybridized carbons (Fsp3) is 0.0556. The lowest BCUT2D eigenvalue weighted by Gasteiger charge is -2.12. The molecule has 3 nitrogen and oxygen atoms in total. The van der Waals surface area contributed by atoms with E-state index in [4.69, 9.17) is 39.5 Å². The first kappa shape index (κ1) is 16.9. The SMILES string of the molecule is O=C(COc1cccc2ccccc12)Nc1c(Cl)cc(Cl)cc1Cl. The monoisotopic (exact) mass is 379 g/mol. The van der Waals surface area contributed by atoms with E-state index in [1.165, 1.54) is 12.1 Å². The molecular weight excluding hydrogens is 369 g/mol. The van der Waals surface area contributed by atoms with Gasteiger partial charge in [-0.25, -0.2) is 0 Å². The average Bonchev–Trinajstić information content (AvgIpc) is 2.56. The van der Waals surface area contributed by atoms with Gasteiger partial charge in [-0.15, -0.1) is 0 Å². The Labute approximate surface area is 154 Å². The van der Waals surface area contributed by atoms with Crippen LogP contribution in [0.1, 0.15) is 0 Å². The molecule has 0 unspecified atom stereocenters. The topological polar surface area (TPSA) is 38.3 Å². The molecule has 122 valence electrons. The third-order valence-corrected chi connectivity index (χ3v) is 4.19. The normalized spacial score (nSPS) is 10.6. The molecular formula is C18H12Cl3NO2. The molecule has 0 aliphatic carbocycles. The van der Waals surface area contributed by atoms with Gasteiger partial charge in [-0.3, -0.25) is 4.79 Å². The molecule has 3 rings (SSSR count). The minimum Gasteiger partial charge on any atom is -0.483 e. The van der Waals surface area contributed by atoms with Crippen molar-refractivity contribution in [2.75, 3.05) is 11.9 Å². The number of hydrogen-bond donors (Lipinski definition) is 1. The molecule has 6 heteroatoms. The van der Waals surface area contributed by atoms with Gasteiger partial charge in [-0.2, -0.15) is 0 Å². The maximum Gasteiger partial charge on any atom is 0.262 e. The third-order valence-electron chi connectivity index (χ3n) is 3.38. The molecule has 0 heterocycles. The maximum absolute atomic E-state index is 12.1. The van der Waals surface area contributed by atoms with Crippen molar-refractivity contribution in [2.24, 2.45) is 0 Å². The number of benzene rings is 3. The van der Waals surface area contributed by atoms with E-state index >= 15 is 0 Å². The van der Waals surface area contributed by atoms with Crippen molar-refractivity contribution in [1.29, 1.82) is 0 Å². The van der Waals surface area contributed by atoms with E-state index in [-0.39, 0.29) is 22.6 Å². The number of hydrogen-bond acceptors (Lipinski definition) is 2. The highest BCUT2D eigenvalue weighted by Gasteiger charge is 2.12. The standard InChI is InChI=1S/C18H12Cl3NO2/c19-12-8-14(20)18(15(21)9-12)22-17(23)10-24-16-7-3-5-11-4-1-2-6-13(11)16/h1-9H,10H2,(H,22,23). The molecule has 0 saturated heterocycles. The van der Waals surface area contributed by atoms with E-state index in [1.807, 2.05) is 42.5 Å². The molecule has 0 bridgehead atoms. The Kier molecular flexibility index (Phi) is 5.14. The molecule has 0 saturated carbocycles. The lowest BCUT2D eigenvalue weighted by atomic mass is 10.1. The number of anilines is 1. The van der Waals surface area contributed by atoms with Crippen molar-refractivity contribution in [3.05, 3.63) is 69.7 Å². The zero-order valence-corrected chi connectivity index (χ0v) is 14.6. The number of halogens is 3. The number of nitrogens with one attached hydrogen (secondary N) is 1. The Morgan fingerprint density at radius 3 is 2.38 bits per heavy atom. The Bertz CT molecular complexity index is 883. The van der Waals surface area contributed by atoms with Crippen molar-refractivity contribution in [3.63, 3.8) is 0 Å². The molecule has 0 atom stereocenters. The van der Waals surface area contributed by atoms with Crippen molar-refractivity contribution < 1.29 is 9.53 Å². The lowest BCUT2D eigenvalue weighted by Crippen LogP contribution is -2.20. The van der Waals surface area contributed by atoms with Crippen LogP contribution in [0.2, 0.25) is 15.1 Å². The zero-order chi connectivity index (χ0) is 17.1. The number of fused-ring (bicyclic) bond motifs is 1. The van der Waals surface area contributed by atoms with E-state index in [1.54, 1.807) is 0 Å². The third kappa shape index (κ3) is 3.75. The summed E-state index contributed by atoms with van der Waals surface area (Å²) < 4.78 is 5.63. The molecule has 3 aromatic carbocycles. The molecule has 1 amide bonds. The van der Waals surface area contributed by atoms with E-state index < -0.39 is 0 Å². The predicted octanol–water partition coefficient (Wildman–Crippen LogP) is 5.82. The van der Waals surface area contributed by atoms with Crippen LogP contribution in [0, 0.1) is 0 Å². The number of amides is 1. The van der Waals surface area contributed by atoms with Crippen LogP contribution in [-0.2, 0) is 4.79 Å². The number of ether oxygens (including phenoxy) is 1. The fourth-order valence-electron chi connectivity index (χ4n) is 2.30. The summed E-state index contributed by atoms with van der Waals surface area (Å²) in [6.07, 6.45) is 0. The molecule has 0 aliphatic heterocycles. The van der Waals surface area contributed by atoms with Gasteiger partial charge in [0.1, 0.15) is 5.75 Å². The highest BCUT2D eigenvalue weighted by molar-refractivity contribution is 6.42. The first-order chi connectivity index (χ1) is 11.5. The summed E-state index contributed by atoms with van der Waals surface area (Å²) in [6.45, 7) is -0.163. The fourth-order valence-corrected chi connectivity index (χ4v) is 3.21. The molecule has 24 heavy (non-hydrogen) atoms. The van der Waals surface area contributed by atoms with Gasteiger partial charge in [-0.05, 0) is 23.6 Å². The Balaban J connectivity index is 1.72. The summed E-state index contributed by atoms with van der Waals surface area (Å²) >= 11 is 17.9. The van der Waals surface area contributed by atoms with Crippen molar-refractivity contribution in [3.8, 4) is 5.75 Å². The van der Waals surface area contributed by atoms with Gasteiger partial charge in [0.05, 0.1) is 15.7 Å². The Morgan fingerprint density at radius 2 is 1.62 bits per heavy atom. The van der Waals surface area contributed by atoms with E-state index in [2.05, 4.69) is 5.32 Å². The lowest BCUT2D eigenvalue weighted by molar-refractivity contribution is -0.118. The highest BCUT2D eigenvalue weighted by atomic mass is 35.5.